The van der Waals surface area contributed by atoms with Crippen LogP contribution in [-0.2, 0) is 9.53 Å². The third-order valence-corrected chi connectivity index (χ3v) is 5.80. The molecule has 1 aromatic heterocycles. The smallest absolute Gasteiger partial charge is 0.129 e. The Morgan fingerprint density at radius 2 is 1.86 bits per heavy atom. The summed E-state index contributed by atoms with van der Waals surface area (Å²) in [6.07, 6.45) is 6.93. The molecule has 5 heteroatoms. The van der Waals surface area contributed by atoms with Gasteiger partial charge in [0.15, 0.2) is 0 Å². The highest BCUT2D eigenvalue weighted by Crippen LogP contribution is 2.28. The molecule has 0 unspecified atom stereocenters. The van der Waals surface area contributed by atoms with Gasteiger partial charge in [-0.25, -0.2) is 4.98 Å². The fourth-order valence-electron chi connectivity index (χ4n) is 3.93. The molecule has 2 aliphatic rings. The molecule has 2 aliphatic heterocycles. The van der Waals surface area contributed by atoms with Gasteiger partial charge in [0.25, 0.3) is 0 Å². The Balaban J connectivity index is 1.43. The van der Waals surface area contributed by atoms with E-state index in [0.29, 0.717) is 5.92 Å². The first-order valence-corrected chi connectivity index (χ1v) is 10.3. The van der Waals surface area contributed by atoms with E-state index >= 15 is 0 Å². The van der Waals surface area contributed by atoms with E-state index in [2.05, 4.69) is 28.1 Å². The molecule has 2 aromatic rings. The summed E-state index contributed by atoms with van der Waals surface area (Å²) in [6, 6.07) is 12.5. The van der Waals surface area contributed by atoms with Gasteiger partial charge < -0.3 is 19.2 Å². The van der Waals surface area contributed by atoms with Gasteiger partial charge >= 0.3 is 0 Å². The van der Waals surface area contributed by atoms with Crippen molar-refractivity contribution in [1.29, 1.82) is 0 Å². The Kier molecular flexibility index (Phi) is 6.22. The number of hydrogen-bond donors (Lipinski definition) is 0. The molecule has 5 nitrogen and oxygen atoms in total. The van der Waals surface area contributed by atoms with Crippen LogP contribution in [0.4, 0.5) is 5.82 Å². The minimum Gasteiger partial charge on any atom is -0.493 e. The van der Waals surface area contributed by atoms with Gasteiger partial charge in [-0.1, -0.05) is 12.1 Å². The third-order valence-electron chi connectivity index (χ3n) is 5.80. The van der Waals surface area contributed by atoms with Crippen LogP contribution in [0.15, 0.2) is 42.6 Å². The minimum absolute atomic E-state index is 0.198. The van der Waals surface area contributed by atoms with E-state index in [4.69, 9.17) is 9.47 Å². The number of carbonyl (C=O) groups excluding carboxylic acids is 1. The molecule has 0 atom stereocenters. The molecule has 0 radical (unpaired) electrons. The fourth-order valence-corrected chi connectivity index (χ4v) is 3.93. The van der Waals surface area contributed by atoms with Crippen LogP contribution in [-0.4, -0.2) is 44.2 Å². The predicted molar refractivity (Wildman–Crippen MR) is 110 cm³/mol. The number of benzene rings is 1. The summed E-state index contributed by atoms with van der Waals surface area (Å²) in [5, 5.41) is 0. The topological polar surface area (TPSA) is 51.7 Å². The third kappa shape index (κ3) is 4.71. The molecule has 28 heavy (non-hydrogen) atoms. The summed E-state index contributed by atoms with van der Waals surface area (Å²) < 4.78 is 11.5. The van der Waals surface area contributed by atoms with E-state index < -0.39 is 0 Å². The highest BCUT2D eigenvalue weighted by atomic mass is 16.5. The molecule has 148 valence electrons. The number of ether oxygens (including phenoxy) is 2. The molecule has 1 aromatic carbocycles. The number of pyridine rings is 1. The van der Waals surface area contributed by atoms with Gasteiger partial charge in [0.05, 0.1) is 6.61 Å². The molecule has 0 N–H and O–H groups in total. The Morgan fingerprint density at radius 1 is 1.07 bits per heavy atom. The number of nitrogens with zero attached hydrogens (tertiary/aromatic N) is 2. The maximum Gasteiger partial charge on any atom is 0.129 e. The molecule has 4 rings (SSSR count). The van der Waals surface area contributed by atoms with E-state index in [1.165, 1.54) is 0 Å². The van der Waals surface area contributed by atoms with Gasteiger partial charge in [0, 0.05) is 38.4 Å². The van der Waals surface area contributed by atoms with Crippen molar-refractivity contribution in [2.75, 3.05) is 37.8 Å². The normalized spacial score (nSPS) is 18.8. The zero-order chi connectivity index (χ0) is 19.2. The molecule has 0 spiro atoms. The molecular weight excluding hydrogens is 352 g/mol. The lowest BCUT2D eigenvalue weighted by atomic mass is 9.98. The van der Waals surface area contributed by atoms with Crippen LogP contribution in [0.3, 0.4) is 0 Å². The monoisotopic (exact) mass is 380 g/mol. The SMILES string of the molecule is O=CC1CCN(c2cc(-c3cccc(OCC4CCOCC4)c3)ccn2)CC1. The summed E-state index contributed by atoms with van der Waals surface area (Å²) in [6.45, 7) is 4.21. The first-order chi connectivity index (χ1) is 13.8. The predicted octanol–water partition coefficient (Wildman–Crippen LogP) is 3.97. The standard InChI is InChI=1S/C23H28N2O3/c26-16-18-5-10-25(11-6-18)23-15-21(4-9-24-23)20-2-1-3-22(14-20)28-17-19-7-12-27-13-8-19/h1-4,9,14-16,18-19H,5-8,10-13,17H2. The van der Waals surface area contributed by atoms with Crippen molar-refractivity contribution in [3.63, 3.8) is 0 Å². The highest BCUT2D eigenvalue weighted by molar-refractivity contribution is 5.68. The van der Waals surface area contributed by atoms with Crippen molar-refractivity contribution in [1.82, 2.24) is 4.98 Å². The van der Waals surface area contributed by atoms with Gasteiger partial charge in [-0.05, 0) is 67.0 Å². The van der Waals surface area contributed by atoms with Crippen LogP contribution in [0.25, 0.3) is 11.1 Å². The number of anilines is 1. The zero-order valence-corrected chi connectivity index (χ0v) is 16.3. The molecule has 0 saturated carbocycles. The minimum atomic E-state index is 0.198. The maximum atomic E-state index is 11.0. The lowest BCUT2D eigenvalue weighted by Gasteiger charge is -2.30. The Bertz CT molecular complexity index is 781. The average molecular weight is 380 g/mol. The molecule has 0 bridgehead atoms. The van der Waals surface area contributed by atoms with Crippen molar-refractivity contribution < 1.29 is 14.3 Å². The zero-order valence-electron chi connectivity index (χ0n) is 16.3. The van der Waals surface area contributed by atoms with E-state index in [-0.39, 0.29) is 5.92 Å². The van der Waals surface area contributed by atoms with Crippen molar-refractivity contribution in [3.8, 4) is 16.9 Å². The first-order valence-electron chi connectivity index (χ1n) is 10.3. The Morgan fingerprint density at radius 3 is 2.64 bits per heavy atom. The van der Waals surface area contributed by atoms with Crippen LogP contribution in [0, 0.1) is 11.8 Å². The van der Waals surface area contributed by atoms with Crippen molar-refractivity contribution in [2.45, 2.75) is 25.7 Å². The van der Waals surface area contributed by atoms with Crippen LogP contribution in [0.5, 0.6) is 5.75 Å². The van der Waals surface area contributed by atoms with Gasteiger partial charge in [-0.15, -0.1) is 0 Å². The summed E-state index contributed by atoms with van der Waals surface area (Å²) in [4.78, 5) is 17.8. The molecule has 2 saturated heterocycles. The first kappa shape index (κ1) is 18.9. The summed E-state index contributed by atoms with van der Waals surface area (Å²) in [5.41, 5.74) is 2.27. The van der Waals surface area contributed by atoms with Crippen LogP contribution in [0.2, 0.25) is 0 Å². The summed E-state index contributed by atoms with van der Waals surface area (Å²) >= 11 is 0. The van der Waals surface area contributed by atoms with Crippen molar-refractivity contribution in [2.24, 2.45) is 11.8 Å². The quantitative estimate of drug-likeness (QED) is 0.710. The van der Waals surface area contributed by atoms with E-state index in [1.54, 1.807) is 0 Å². The van der Waals surface area contributed by atoms with E-state index in [0.717, 1.165) is 87.6 Å². The second-order valence-electron chi connectivity index (χ2n) is 7.76. The number of aromatic nitrogens is 1. The molecule has 2 fully saturated rings. The lowest BCUT2D eigenvalue weighted by molar-refractivity contribution is -0.111. The molecule has 0 amide bonds. The second-order valence-corrected chi connectivity index (χ2v) is 7.76. The number of rotatable bonds is 6. The highest BCUT2D eigenvalue weighted by Gasteiger charge is 2.20. The number of piperidine rings is 1. The molecule has 0 aliphatic carbocycles. The second kappa shape index (κ2) is 9.20. The fraction of sp³-hybridized carbons (Fsp3) is 0.478. The number of hydrogen-bond acceptors (Lipinski definition) is 5. The number of aldehydes is 1. The van der Waals surface area contributed by atoms with Crippen LogP contribution in [0.1, 0.15) is 25.7 Å². The average Bonchev–Trinajstić information content (AvgIpc) is 2.79. The van der Waals surface area contributed by atoms with E-state index in [1.807, 2.05) is 24.4 Å². The Hall–Kier alpha value is -2.40. The van der Waals surface area contributed by atoms with Gasteiger partial charge in [0.2, 0.25) is 0 Å². The molecular formula is C23H28N2O3. The van der Waals surface area contributed by atoms with Gasteiger partial charge in [-0.2, -0.15) is 0 Å². The summed E-state index contributed by atoms with van der Waals surface area (Å²) in [7, 11) is 0. The number of carbonyl (C=O) groups is 1. The van der Waals surface area contributed by atoms with Crippen LogP contribution >= 0.6 is 0 Å². The van der Waals surface area contributed by atoms with E-state index in [9.17, 15) is 4.79 Å². The largest absolute Gasteiger partial charge is 0.493 e. The lowest BCUT2D eigenvalue weighted by Crippen LogP contribution is -2.34. The molecule has 3 heterocycles. The van der Waals surface area contributed by atoms with Crippen molar-refractivity contribution >= 4 is 12.1 Å². The van der Waals surface area contributed by atoms with Crippen molar-refractivity contribution in [3.05, 3.63) is 42.6 Å². The van der Waals surface area contributed by atoms with Crippen LogP contribution < -0.4 is 9.64 Å². The van der Waals surface area contributed by atoms with Gasteiger partial charge in [-0.3, -0.25) is 0 Å². The Labute approximate surface area is 166 Å². The van der Waals surface area contributed by atoms with Gasteiger partial charge in [0.1, 0.15) is 17.9 Å². The maximum absolute atomic E-state index is 11.0. The summed E-state index contributed by atoms with van der Waals surface area (Å²) in [5.74, 6) is 2.67.